The molecule has 1 N–H and O–H groups in total. The highest BCUT2D eigenvalue weighted by atomic mass is 32.2. The normalized spacial score (nSPS) is 13.0. The van der Waals surface area contributed by atoms with Gasteiger partial charge in [-0.2, -0.15) is 11.8 Å². The van der Waals surface area contributed by atoms with E-state index in [1.165, 1.54) is 57.1 Å². The van der Waals surface area contributed by atoms with E-state index in [-0.39, 0.29) is 0 Å². The molecule has 1 atom stereocenters. The van der Waals surface area contributed by atoms with Gasteiger partial charge in [-0.3, -0.25) is 0 Å². The van der Waals surface area contributed by atoms with Gasteiger partial charge >= 0.3 is 0 Å². The lowest BCUT2D eigenvalue weighted by Gasteiger charge is -2.15. The lowest BCUT2D eigenvalue weighted by molar-refractivity contribution is 0.474. The number of hydrogen-bond donors (Lipinski definition) is 1. The van der Waals surface area contributed by atoms with Gasteiger partial charge in [0, 0.05) is 6.04 Å². The largest absolute Gasteiger partial charge is 0.317 e. The molecule has 0 aliphatic carbocycles. The Morgan fingerprint density at radius 3 is 2.27 bits per heavy atom. The average Bonchev–Trinajstić information content (AvgIpc) is 2.27. The quantitative estimate of drug-likeness (QED) is 0.538. The number of rotatable bonds is 11. The molecule has 0 saturated heterocycles. The predicted molar refractivity (Wildman–Crippen MR) is 73.8 cm³/mol. The molecule has 0 amide bonds. The Bertz CT molecular complexity index is 117. The summed E-state index contributed by atoms with van der Waals surface area (Å²) in [6.45, 7) is 2.28. The van der Waals surface area contributed by atoms with Crippen LogP contribution in [0.25, 0.3) is 0 Å². The maximum atomic E-state index is 3.43. The van der Waals surface area contributed by atoms with Gasteiger partial charge in [0.25, 0.3) is 0 Å². The fourth-order valence-electron chi connectivity index (χ4n) is 1.86. The van der Waals surface area contributed by atoms with Crippen molar-refractivity contribution in [1.29, 1.82) is 0 Å². The molecular weight excluding hydrogens is 202 g/mol. The minimum absolute atomic E-state index is 0.753. The second-order valence-electron chi connectivity index (χ2n) is 4.32. The van der Waals surface area contributed by atoms with E-state index in [1.54, 1.807) is 0 Å². The summed E-state index contributed by atoms with van der Waals surface area (Å²) in [4.78, 5) is 0. The average molecular weight is 231 g/mol. The minimum atomic E-state index is 0.753. The Kier molecular flexibility index (Phi) is 12.6. The Hall–Kier alpha value is 0.310. The van der Waals surface area contributed by atoms with E-state index in [0.717, 1.165) is 6.04 Å². The lowest BCUT2D eigenvalue weighted by Crippen LogP contribution is -2.25. The molecule has 1 nitrogen and oxygen atoms in total. The van der Waals surface area contributed by atoms with Crippen LogP contribution in [0.3, 0.4) is 0 Å². The zero-order valence-corrected chi connectivity index (χ0v) is 11.7. The highest BCUT2D eigenvalue weighted by Gasteiger charge is 2.04. The second kappa shape index (κ2) is 12.4. The summed E-state index contributed by atoms with van der Waals surface area (Å²) in [5, 5.41) is 3.43. The summed E-state index contributed by atoms with van der Waals surface area (Å²) in [5.74, 6) is 1.29. The molecule has 0 heterocycles. The molecule has 15 heavy (non-hydrogen) atoms. The van der Waals surface area contributed by atoms with Crippen LogP contribution < -0.4 is 5.32 Å². The molecule has 0 aromatic heterocycles. The molecule has 0 aromatic rings. The molecule has 0 rings (SSSR count). The fourth-order valence-corrected chi connectivity index (χ4v) is 2.38. The van der Waals surface area contributed by atoms with E-state index in [4.69, 9.17) is 0 Å². The molecule has 1 unspecified atom stereocenters. The molecule has 0 fully saturated rings. The zero-order chi connectivity index (χ0) is 11.4. The Balaban J connectivity index is 3.22. The highest BCUT2D eigenvalue weighted by Crippen LogP contribution is 2.11. The van der Waals surface area contributed by atoms with Gasteiger partial charge in [0.05, 0.1) is 0 Å². The third kappa shape index (κ3) is 10.6. The topological polar surface area (TPSA) is 12.0 Å². The van der Waals surface area contributed by atoms with Gasteiger partial charge in [-0.15, -0.1) is 0 Å². The van der Waals surface area contributed by atoms with E-state index in [0.29, 0.717) is 0 Å². The van der Waals surface area contributed by atoms with Crippen LogP contribution in [0.1, 0.15) is 58.3 Å². The van der Waals surface area contributed by atoms with Gasteiger partial charge in [0.15, 0.2) is 0 Å². The van der Waals surface area contributed by atoms with Crippen molar-refractivity contribution in [3.8, 4) is 0 Å². The van der Waals surface area contributed by atoms with Crippen LogP contribution in [0.15, 0.2) is 0 Å². The Morgan fingerprint density at radius 2 is 1.67 bits per heavy atom. The SMILES string of the molecule is CCCCCCCCC(CCSC)NC. The van der Waals surface area contributed by atoms with Crippen molar-refractivity contribution < 1.29 is 0 Å². The van der Waals surface area contributed by atoms with Gasteiger partial charge in [-0.05, 0) is 31.9 Å². The zero-order valence-electron chi connectivity index (χ0n) is 10.8. The monoisotopic (exact) mass is 231 g/mol. The summed E-state index contributed by atoms with van der Waals surface area (Å²) < 4.78 is 0. The van der Waals surface area contributed by atoms with E-state index in [2.05, 4.69) is 25.5 Å². The predicted octanol–water partition coefficient (Wildman–Crippen LogP) is 4.08. The third-order valence-corrected chi connectivity index (χ3v) is 3.63. The van der Waals surface area contributed by atoms with Gasteiger partial charge in [-0.25, -0.2) is 0 Å². The first kappa shape index (κ1) is 15.3. The molecule has 0 bridgehead atoms. The molecule has 0 aliphatic rings. The summed E-state index contributed by atoms with van der Waals surface area (Å²) in [6.07, 6.45) is 13.4. The molecule has 0 saturated carbocycles. The Morgan fingerprint density at radius 1 is 1.00 bits per heavy atom. The summed E-state index contributed by atoms with van der Waals surface area (Å²) in [6, 6.07) is 0.753. The van der Waals surface area contributed by atoms with Crippen molar-refractivity contribution in [2.45, 2.75) is 64.3 Å². The van der Waals surface area contributed by atoms with Crippen LogP contribution in [0.2, 0.25) is 0 Å². The van der Waals surface area contributed by atoms with Gasteiger partial charge in [0.2, 0.25) is 0 Å². The van der Waals surface area contributed by atoms with Crippen LogP contribution in [0.5, 0.6) is 0 Å². The second-order valence-corrected chi connectivity index (χ2v) is 5.31. The highest BCUT2D eigenvalue weighted by molar-refractivity contribution is 7.98. The van der Waals surface area contributed by atoms with Crippen molar-refractivity contribution in [2.24, 2.45) is 0 Å². The standard InChI is InChI=1S/C13H29NS/c1-4-5-6-7-8-9-10-13(14-2)11-12-15-3/h13-14H,4-12H2,1-3H3. The molecule has 0 spiro atoms. The molecule has 92 valence electrons. The number of hydrogen-bond acceptors (Lipinski definition) is 2. The number of unbranched alkanes of at least 4 members (excludes halogenated alkanes) is 5. The maximum absolute atomic E-state index is 3.43. The van der Waals surface area contributed by atoms with E-state index < -0.39 is 0 Å². The summed E-state index contributed by atoms with van der Waals surface area (Å²) in [5.41, 5.74) is 0. The third-order valence-electron chi connectivity index (χ3n) is 2.98. The first-order chi connectivity index (χ1) is 7.35. The summed E-state index contributed by atoms with van der Waals surface area (Å²) >= 11 is 1.96. The number of nitrogens with one attached hydrogen (secondary N) is 1. The lowest BCUT2D eigenvalue weighted by atomic mass is 10.0. The van der Waals surface area contributed by atoms with Crippen molar-refractivity contribution in [2.75, 3.05) is 19.1 Å². The van der Waals surface area contributed by atoms with Gasteiger partial charge in [0.1, 0.15) is 0 Å². The molecular formula is C13H29NS. The first-order valence-corrected chi connectivity index (χ1v) is 7.90. The number of thioether (sulfide) groups is 1. The molecule has 2 heteroatoms. The van der Waals surface area contributed by atoms with Crippen molar-refractivity contribution >= 4 is 11.8 Å². The summed E-state index contributed by atoms with van der Waals surface area (Å²) in [7, 11) is 2.10. The van der Waals surface area contributed by atoms with Crippen LogP contribution in [-0.4, -0.2) is 25.1 Å². The van der Waals surface area contributed by atoms with E-state index in [1.807, 2.05) is 11.8 Å². The van der Waals surface area contributed by atoms with E-state index >= 15 is 0 Å². The van der Waals surface area contributed by atoms with Crippen LogP contribution >= 0.6 is 11.8 Å². The van der Waals surface area contributed by atoms with Crippen LogP contribution in [0.4, 0.5) is 0 Å². The smallest absolute Gasteiger partial charge is 0.00719 e. The molecule has 0 radical (unpaired) electrons. The van der Waals surface area contributed by atoms with E-state index in [9.17, 15) is 0 Å². The van der Waals surface area contributed by atoms with Crippen molar-refractivity contribution in [3.63, 3.8) is 0 Å². The van der Waals surface area contributed by atoms with Gasteiger partial charge in [-0.1, -0.05) is 45.4 Å². The Labute approximate surface area is 101 Å². The fraction of sp³-hybridized carbons (Fsp3) is 1.00. The van der Waals surface area contributed by atoms with Crippen LogP contribution in [0, 0.1) is 0 Å². The molecule has 0 aliphatic heterocycles. The minimum Gasteiger partial charge on any atom is -0.317 e. The first-order valence-electron chi connectivity index (χ1n) is 6.51. The van der Waals surface area contributed by atoms with Crippen molar-refractivity contribution in [1.82, 2.24) is 5.32 Å². The van der Waals surface area contributed by atoms with Crippen LogP contribution in [-0.2, 0) is 0 Å². The molecule has 0 aromatic carbocycles. The maximum Gasteiger partial charge on any atom is 0.00719 e. The van der Waals surface area contributed by atoms with Gasteiger partial charge < -0.3 is 5.32 Å². The van der Waals surface area contributed by atoms with Crippen molar-refractivity contribution in [3.05, 3.63) is 0 Å².